The molecule has 6 nitrogen and oxygen atoms in total. The second-order valence-corrected chi connectivity index (χ2v) is 6.98. The summed E-state index contributed by atoms with van der Waals surface area (Å²) in [5, 5.41) is 7.32. The van der Waals surface area contributed by atoms with E-state index in [0.29, 0.717) is 16.9 Å². The molecule has 1 atom stereocenters. The predicted octanol–water partition coefficient (Wildman–Crippen LogP) is 3.83. The first-order chi connectivity index (χ1) is 13.2. The van der Waals surface area contributed by atoms with E-state index in [1.165, 1.54) is 0 Å². The molecule has 2 aromatic carbocycles. The van der Waals surface area contributed by atoms with Gasteiger partial charge in [0.15, 0.2) is 11.6 Å². The van der Waals surface area contributed by atoms with Crippen LogP contribution in [0.25, 0.3) is 11.0 Å². The van der Waals surface area contributed by atoms with Gasteiger partial charge in [-0.15, -0.1) is 0 Å². The van der Waals surface area contributed by atoms with Crippen LogP contribution in [0.15, 0.2) is 42.5 Å². The molecule has 1 aromatic heterocycles. The van der Waals surface area contributed by atoms with Crippen molar-refractivity contribution in [3.63, 3.8) is 0 Å². The first-order valence-electron chi connectivity index (χ1n) is 8.97. The predicted molar refractivity (Wildman–Crippen MR) is 111 cm³/mol. The van der Waals surface area contributed by atoms with Crippen molar-refractivity contribution < 1.29 is 4.74 Å². The van der Waals surface area contributed by atoms with Crippen molar-refractivity contribution in [1.82, 2.24) is 15.3 Å². The van der Waals surface area contributed by atoms with E-state index >= 15 is 0 Å². The average molecular weight is 384 g/mol. The molecule has 0 radical (unpaired) electrons. The number of hydrogen-bond acceptors (Lipinski definition) is 6. The largest absolute Gasteiger partial charge is 0.497 e. The zero-order valence-corrected chi connectivity index (χ0v) is 16.1. The minimum atomic E-state index is 0.450. The summed E-state index contributed by atoms with van der Waals surface area (Å²) >= 11 is 6.39. The van der Waals surface area contributed by atoms with E-state index in [9.17, 15) is 0 Å². The van der Waals surface area contributed by atoms with Crippen molar-refractivity contribution in [2.75, 3.05) is 37.5 Å². The van der Waals surface area contributed by atoms with Gasteiger partial charge in [0.05, 0.1) is 28.9 Å². The number of benzene rings is 2. The van der Waals surface area contributed by atoms with Crippen LogP contribution >= 0.6 is 11.6 Å². The lowest BCUT2D eigenvalue weighted by atomic mass is 10.2. The lowest BCUT2D eigenvalue weighted by molar-refractivity contribution is 0.415. The highest BCUT2D eigenvalue weighted by atomic mass is 35.5. The van der Waals surface area contributed by atoms with Crippen molar-refractivity contribution in [2.24, 2.45) is 0 Å². The average Bonchev–Trinajstić information content (AvgIpc) is 3.18. The monoisotopic (exact) mass is 383 g/mol. The quantitative estimate of drug-likeness (QED) is 0.698. The van der Waals surface area contributed by atoms with E-state index in [0.717, 1.165) is 47.8 Å². The van der Waals surface area contributed by atoms with E-state index < -0.39 is 0 Å². The van der Waals surface area contributed by atoms with E-state index in [4.69, 9.17) is 26.3 Å². The van der Waals surface area contributed by atoms with Gasteiger partial charge < -0.3 is 20.3 Å². The van der Waals surface area contributed by atoms with Crippen LogP contribution in [0.2, 0.25) is 5.02 Å². The molecule has 2 heterocycles. The lowest BCUT2D eigenvalue weighted by Gasteiger charge is -2.21. The van der Waals surface area contributed by atoms with Gasteiger partial charge >= 0.3 is 0 Å². The Balaban J connectivity index is 1.77. The highest BCUT2D eigenvalue weighted by Gasteiger charge is 2.25. The molecule has 140 valence electrons. The normalized spacial score (nSPS) is 16.7. The molecule has 0 amide bonds. The van der Waals surface area contributed by atoms with Gasteiger partial charge in [0.2, 0.25) is 0 Å². The molecule has 1 fully saturated rings. The van der Waals surface area contributed by atoms with Crippen LogP contribution in [0.3, 0.4) is 0 Å². The summed E-state index contributed by atoms with van der Waals surface area (Å²) in [7, 11) is 3.63. The molecule has 1 aliphatic rings. The maximum atomic E-state index is 6.39. The molecule has 2 N–H and O–H groups in total. The van der Waals surface area contributed by atoms with E-state index in [1.807, 2.05) is 49.5 Å². The molecule has 0 aliphatic carbocycles. The van der Waals surface area contributed by atoms with Crippen LogP contribution in [0.5, 0.6) is 5.75 Å². The topological polar surface area (TPSA) is 62.3 Å². The van der Waals surface area contributed by atoms with Crippen molar-refractivity contribution in [2.45, 2.75) is 12.5 Å². The molecule has 0 bridgehead atoms. The van der Waals surface area contributed by atoms with Crippen molar-refractivity contribution in [1.29, 1.82) is 0 Å². The highest BCUT2D eigenvalue weighted by molar-refractivity contribution is 6.33. The third kappa shape index (κ3) is 3.63. The fourth-order valence-corrected chi connectivity index (χ4v) is 3.50. The fourth-order valence-electron chi connectivity index (χ4n) is 3.34. The molecule has 1 saturated heterocycles. The van der Waals surface area contributed by atoms with Crippen LogP contribution in [-0.4, -0.2) is 43.3 Å². The summed E-state index contributed by atoms with van der Waals surface area (Å²) in [6, 6.07) is 13.8. The number of methoxy groups -OCH3 is 1. The molecule has 4 rings (SSSR count). The summed E-state index contributed by atoms with van der Waals surface area (Å²) in [5.74, 6) is 2.26. The SMILES string of the molecule is CNC1CCN(c2nc3ccccc3nc2Nc2cc(OC)ccc2Cl)C1. The summed E-state index contributed by atoms with van der Waals surface area (Å²) in [6.45, 7) is 1.82. The number of likely N-dealkylation sites (N-methyl/N-ethyl adjacent to an activating group) is 1. The maximum Gasteiger partial charge on any atom is 0.174 e. The van der Waals surface area contributed by atoms with Gasteiger partial charge in [0, 0.05) is 25.2 Å². The van der Waals surface area contributed by atoms with Gasteiger partial charge in [-0.3, -0.25) is 0 Å². The summed E-state index contributed by atoms with van der Waals surface area (Å²) in [4.78, 5) is 12.0. The van der Waals surface area contributed by atoms with Crippen molar-refractivity contribution in [3.05, 3.63) is 47.5 Å². The number of nitrogens with zero attached hydrogens (tertiary/aromatic N) is 3. The highest BCUT2D eigenvalue weighted by Crippen LogP contribution is 2.34. The molecule has 3 aromatic rings. The van der Waals surface area contributed by atoms with Gasteiger partial charge in [-0.25, -0.2) is 9.97 Å². The molecule has 27 heavy (non-hydrogen) atoms. The Labute approximate surface area is 163 Å². The summed E-state index contributed by atoms with van der Waals surface area (Å²) in [6.07, 6.45) is 1.07. The van der Waals surface area contributed by atoms with Crippen LogP contribution < -0.4 is 20.3 Å². The van der Waals surface area contributed by atoms with Gasteiger partial charge in [-0.2, -0.15) is 0 Å². The zero-order valence-electron chi connectivity index (χ0n) is 15.4. The molecular weight excluding hydrogens is 362 g/mol. The van der Waals surface area contributed by atoms with Gasteiger partial charge in [0.1, 0.15) is 5.75 Å². The second-order valence-electron chi connectivity index (χ2n) is 6.58. The first kappa shape index (κ1) is 17.8. The summed E-state index contributed by atoms with van der Waals surface area (Å²) in [5.41, 5.74) is 2.46. The number of para-hydroxylation sites is 2. The van der Waals surface area contributed by atoms with Crippen LogP contribution in [0.4, 0.5) is 17.3 Å². The molecule has 1 aliphatic heterocycles. The Hall–Kier alpha value is -2.57. The smallest absolute Gasteiger partial charge is 0.174 e. The number of halogens is 1. The van der Waals surface area contributed by atoms with Crippen molar-refractivity contribution >= 4 is 40.0 Å². The Morgan fingerprint density at radius 1 is 1.15 bits per heavy atom. The standard InChI is InChI=1S/C20H22ClN5O/c1-22-13-9-10-26(12-13)20-19(23-16-5-3-4-6-17(16)25-20)24-18-11-14(27-2)7-8-15(18)21/h3-8,11,13,22H,9-10,12H2,1-2H3,(H,23,24). The van der Waals surface area contributed by atoms with Crippen molar-refractivity contribution in [3.8, 4) is 5.75 Å². The Morgan fingerprint density at radius 3 is 2.63 bits per heavy atom. The van der Waals surface area contributed by atoms with E-state index in [1.54, 1.807) is 7.11 Å². The molecule has 7 heteroatoms. The third-order valence-electron chi connectivity index (χ3n) is 4.87. The van der Waals surface area contributed by atoms with Gasteiger partial charge in [-0.1, -0.05) is 23.7 Å². The number of ether oxygens (including phenoxy) is 1. The molecule has 0 saturated carbocycles. The minimum absolute atomic E-state index is 0.450. The minimum Gasteiger partial charge on any atom is -0.497 e. The molecule has 1 unspecified atom stereocenters. The van der Waals surface area contributed by atoms with Crippen LogP contribution in [0, 0.1) is 0 Å². The number of fused-ring (bicyclic) bond motifs is 1. The summed E-state index contributed by atoms with van der Waals surface area (Å²) < 4.78 is 5.32. The molecule has 0 spiro atoms. The Kier molecular flexibility index (Phi) is 5.01. The zero-order chi connectivity index (χ0) is 18.8. The van der Waals surface area contributed by atoms with Crippen LogP contribution in [0.1, 0.15) is 6.42 Å². The third-order valence-corrected chi connectivity index (χ3v) is 5.20. The number of rotatable bonds is 5. The number of anilines is 3. The Bertz CT molecular complexity index is 964. The number of nitrogens with one attached hydrogen (secondary N) is 2. The number of aromatic nitrogens is 2. The first-order valence-corrected chi connectivity index (χ1v) is 9.35. The fraction of sp³-hybridized carbons (Fsp3) is 0.300. The number of hydrogen-bond donors (Lipinski definition) is 2. The second kappa shape index (κ2) is 7.58. The van der Waals surface area contributed by atoms with E-state index in [2.05, 4.69) is 15.5 Å². The van der Waals surface area contributed by atoms with Crippen LogP contribution in [-0.2, 0) is 0 Å². The maximum absolute atomic E-state index is 6.39. The van der Waals surface area contributed by atoms with E-state index in [-0.39, 0.29) is 0 Å². The van der Waals surface area contributed by atoms with Gasteiger partial charge in [-0.05, 0) is 37.7 Å². The lowest BCUT2D eigenvalue weighted by Crippen LogP contribution is -2.30. The molecular formula is C20H22ClN5O. The Morgan fingerprint density at radius 2 is 1.93 bits per heavy atom. The van der Waals surface area contributed by atoms with Gasteiger partial charge in [0.25, 0.3) is 0 Å².